The van der Waals surface area contributed by atoms with Crippen LogP contribution in [0, 0.1) is 10.1 Å². The molecular formula is C25H45NO9Si2. The fraction of sp³-hybridized carbons (Fsp3) is 0.920. The molecular weight excluding hydrogens is 514 g/mol. The van der Waals surface area contributed by atoms with Crippen LogP contribution in [0.4, 0.5) is 0 Å². The van der Waals surface area contributed by atoms with Crippen molar-refractivity contribution in [3.8, 4) is 0 Å². The summed E-state index contributed by atoms with van der Waals surface area (Å²) in [6.45, 7) is 24.2. The van der Waals surface area contributed by atoms with Crippen LogP contribution in [0.2, 0.25) is 22.2 Å². The van der Waals surface area contributed by atoms with Crippen molar-refractivity contribution < 1.29 is 37.2 Å². The molecule has 4 bridgehead atoms. The molecule has 1 spiro atoms. The molecule has 1 aliphatic carbocycles. The van der Waals surface area contributed by atoms with E-state index in [-0.39, 0.29) is 45.7 Å². The van der Waals surface area contributed by atoms with Crippen LogP contribution in [0.3, 0.4) is 0 Å². The highest BCUT2D eigenvalue weighted by Gasteiger charge is 2.78. The molecule has 6 atom stereocenters. The average molecular weight is 560 g/mol. The van der Waals surface area contributed by atoms with Crippen molar-refractivity contribution in [3.05, 3.63) is 22.3 Å². The van der Waals surface area contributed by atoms with Crippen LogP contribution in [0.15, 0.2) is 12.2 Å². The molecule has 2 unspecified atom stereocenters. The number of fused-ring (bicyclic) bond motifs is 4. The van der Waals surface area contributed by atoms with E-state index in [0.717, 1.165) is 0 Å². The Bertz CT molecular complexity index is 925. The molecule has 0 amide bonds. The Morgan fingerprint density at radius 3 is 1.92 bits per heavy atom. The molecule has 4 saturated heterocycles. The summed E-state index contributed by atoms with van der Waals surface area (Å²) >= 11 is 0. The van der Waals surface area contributed by atoms with E-state index >= 15 is 0 Å². The molecule has 5 fully saturated rings. The van der Waals surface area contributed by atoms with E-state index in [1.54, 1.807) is 13.8 Å². The molecule has 37 heavy (non-hydrogen) atoms. The van der Waals surface area contributed by atoms with Gasteiger partial charge < -0.3 is 32.3 Å². The highest BCUT2D eigenvalue weighted by molar-refractivity contribution is 6.84. The van der Waals surface area contributed by atoms with Gasteiger partial charge in [0.05, 0.1) is 13.0 Å². The van der Waals surface area contributed by atoms with Crippen molar-refractivity contribution >= 4 is 17.1 Å². The van der Waals surface area contributed by atoms with E-state index in [4.69, 9.17) is 27.2 Å². The van der Waals surface area contributed by atoms with Gasteiger partial charge in [0.1, 0.15) is 12.2 Å². The highest BCUT2D eigenvalue weighted by Crippen LogP contribution is 2.58. The summed E-state index contributed by atoms with van der Waals surface area (Å²) in [5.41, 5.74) is -3.28. The molecule has 0 aromatic heterocycles. The third kappa shape index (κ3) is 3.97. The molecule has 4 heterocycles. The lowest BCUT2D eigenvalue weighted by molar-refractivity contribution is -0.594. The molecule has 212 valence electrons. The maximum Gasteiger partial charge on any atom is 0.336 e. The molecule has 5 aliphatic rings. The fourth-order valence-electron chi connectivity index (χ4n) is 6.93. The number of nitrogens with zero attached hydrogens (tertiary/aromatic N) is 1. The lowest BCUT2D eigenvalue weighted by atomic mass is 9.63. The first-order chi connectivity index (χ1) is 16.9. The van der Waals surface area contributed by atoms with E-state index in [1.807, 2.05) is 0 Å². The third-order valence-corrected chi connectivity index (χ3v) is 19.2. The predicted molar refractivity (Wildman–Crippen MR) is 141 cm³/mol. The zero-order valence-electron chi connectivity index (χ0n) is 23.9. The summed E-state index contributed by atoms with van der Waals surface area (Å²) in [6.07, 6.45) is -4.61. The second-order valence-electron chi connectivity index (χ2n) is 12.9. The molecule has 1 saturated carbocycles. The van der Waals surface area contributed by atoms with Gasteiger partial charge in [-0.05, 0) is 36.0 Å². The SMILES string of the molecule is C=C1C(O)C2(COC(C)(C)O2)[C@@H]2O[C@H]3C[C@]1([N+](=O)[O-])[C@@H]2O[Si](C(C)C)(C(C)C)O[Si](C(C)C)(C(C)C)O3. The minimum atomic E-state index is -3.25. The number of aliphatic hydroxyl groups is 1. The highest BCUT2D eigenvalue weighted by atomic mass is 28.5. The molecule has 0 aromatic carbocycles. The Hall–Kier alpha value is -0.706. The first kappa shape index (κ1) is 29.3. The van der Waals surface area contributed by atoms with Crippen LogP contribution in [0.25, 0.3) is 0 Å². The molecule has 4 aliphatic heterocycles. The first-order valence-electron chi connectivity index (χ1n) is 13.5. The maximum absolute atomic E-state index is 13.1. The maximum atomic E-state index is 13.1. The number of nitro groups is 1. The van der Waals surface area contributed by atoms with Crippen molar-refractivity contribution in [2.45, 2.75) is 139 Å². The summed E-state index contributed by atoms with van der Waals surface area (Å²) in [4.78, 5) is 12.7. The summed E-state index contributed by atoms with van der Waals surface area (Å²) in [5.74, 6) is -1.03. The van der Waals surface area contributed by atoms with Gasteiger partial charge in [0.15, 0.2) is 23.8 Å². The topological polar surface area (TPSA) is 119 Å². The van der Waals surface area contributed by atoms with Crippen LogP contribution < -0.4 is 0 Å². The lowest BCUT2D eigenvalue weighted by Gasteiger charge is -2.57. The normalized spacial score (nSPS) is 40.5. The summed E-state index contributed by atoms with van der Waals surface area (Å²) in [7, 11) is -6.33. The van der Waals surface area contributed by atoms with Gasteiger partial charge in [-0.25, -0.2) is 0 Å². The van der Waals surface area contributed by atoms with Gasteiger partial charge in [0, 0.05) is 10.5 Å². The number of rotatable bonds is 5. The molecule has 1 N–H and O–H groups in total. The van der Waals surface area contributed by atoms with Gasteiger partial charge in [-0.1, -0.05) is 62.0 Å². The quantitative estimate of drug-likeness (QED) is 0.224. The van der Waals surface area contributed by atoms with E-state index in [2.05, 4.69) is 62.0 Å². The smallest absolute Gasteiger partial charge is 0.336 e. The average Bonchev–Trinajstić information content (AvgIpc) is 3.16. The number of aliphatic hydroxyl groups excluding tert-OH is 1. The molecule has 5 rings (SSSR count). The van der Waals surface area contributed by atoms with Crippen LogP contribution in [-0.4, -0.2) is 75.3 Å². The Morgan fingerprint density at radius 1 is 0.973 bits per heavy atom. The Balaban J connectivity index is 2.02. The lowest BCUT2D eigenvalue weighted by Crippen LogP contribution is -2.79. The zero-order valence-corrected chi connectivity index (χ0v) is 25.9. The zero-order chi connectivity index (χ0) is 27.9. The number of hydrogen-bond donors (Lipinski definition) is 1. The van der Waals surface area contributed by atoms with Gasteiger partial charge in [-0.3, -0.25) is 10.1 Å². The molecule has 0 radical (unpaired) electrons. The minimum Gasteiger partial charge on any atom is -0.414 e. The first-order valence-corrected chi connectivity index (χ1v) is 17.4. The molecule has 12 heteroatoms. The largest absolute Gasteiger partial charge is 0.414 e. The number of hydrogen-bond acceptors (Lipinski definition) is 9. The molecule has 10 nitrogen and oxygen atoms in total. The fourth-order valence-corrected chi connectivity index (χ4v) is 18.1. The third-order valence-electron chi connectivity index (χ3n) is 8.92. The van der Waals surface area contributed by atoms with Gasteiger partial charge >= 0.3 is 17.1 Å². The van der Waals surface area contributed by atoms with Crippen molar-refractivity contribution in [3.63, 3.8) is 0 Å². The van der Waals surface area contributed by atoms with Gasteiger partial charge in [0.25, 0.3) is 5.54 Å². The van der Waals surface area contributed by atoms with Crippen LogP contribution in [0.1, 0.15) is 75.7 Å². The Labute approximate surface area is 222 Å². The van der Waals surface area contributed by atoms with Crippen LogP contribution in [0.5, 0.6) is 0 Å². The van der Waals surface area contributed by atoms with Crippen LogP contribution in [-0.2, 0) is 27.2 Å². The van der Waals surface area contributed by atoms with Crippen molar-refractivity contribution in [1.29, 1.82) is 0 Å². The van der Waals surface area contributed by atoms with Gasteiger partial charge in [-0.15, -0.1) is 0 Å². The van der Waals surface area contributed by atoms with Crippen molar-refractivity contribution in [2.75, 3.05) is 6.61 Å². The predicted octanol–water partition coefficient (Wildman–Crippen LogP) is 4.53. The monoisotopic (exact) mass is 559 g/mol. The van der Waals surface area contributed by atoms with E-state index in [1.165, 1.54) is 0 Å². The van der Waals surface area contributed by atoms with Crippen molar-refractivity contribution in [2.24, 2.45) is 0 Å². The second-order valence-corrected chi connectivity index (χ2v) is 21.7. The number of ether oxygens (including phenoxy) is 3. The summed E-state index contributed by atoms with van der Waals surface area (Å²) < 4.78 is 40.2. The van der Waals surface area contributed by atoms with Gasteiger partial charge in [-0.2, -0.15) is 0 Å². The minimum absolute atomic E-state index is 0.0269. The van der Waals surface area contributed by atoms with E-state index in [9.17, 15) is 15.2 Å². The summed E-state index contributed by atoms with van der Waals surface area (Å²) in [5, 5.41) is 24.6. The summed E-state index contributed by atoms with van der Waals surface area (Å²) in [6, 6.07) is 0. The Morgan fingerprint density at radius 2 is 1.49 bits per heavy atom. The van der Waals surface area contributed by atoms with Crippen molar-refractivity contribution in [1.82, 2.24) is 0 Å². The standard InChI is InChI=1S/C25H45NO9Si2/c1-14(2)36(15(3)4)32-19-12-24(26(28)29)18(9)20(27)25(13-30-23(10,11)34-25)22(31-19)21(24)33-37(35-36,16(5)6)17(7)8/h14-17,19-22,27H,9,12-13H2,1-8,10-11H3/t19-,20?,21-,22-,24-,25?/m1/s1. The van der Waals surface area contributed by atoms with E-state index < -0.39 is 58.7 Å². The molecule has 0 aromatic rings. The Kier molecular flexibility index (Phi) is 7.25. The van der Waals surface area contributed by atoms with Crippen LogP contribution >= 0.6 is 0 Å². The second kappa shape index (κ2) is 9.17. The van der Waals surface area contributed by atoms with E-state index in [0.29, 0.717) is 0 Å². The van der Waals surface area contributed by atoms with Gasteiger partial charge in [0.2, 0.25) is 0 Å².